The van der Waals surface area contributed by atoms with Crippen LogP contribution in [0.15, 0.2) is 18.2 Å². The van der Waals surface area contributed by atoms with Gasteiger partial charge in [0.25, 0.3) is 5.91 Å². The summed E-state index contributed by atoms with van der Waals surface area (Å²) < 4.78 is 0. The Hall–Kier alpha value is -2.55. The lowest BCUT2D eigenvalue weighted by Gasteiger charge is -2.36. The van der Waals surface area contributed by atoms with Crippen molar-refractivity contribution in [2.45, 2.75) is 26.3 Å². The molecule has 2 N–H and O–H groups in total. The predicted octanol–water partition coefficient (Wildman–Crippen LogP) is 1.25. The Morgan fingerprint density at radius 2 is 2.14 bits per heavy atom. The monoisotopic (exact) mass is 301 g/mol. The number of piperidine rings is 1. The van der Waals surface area contributed by atoms with Gasteiger partial charge < -0.3 is 15.3 Å². The first-order valence-electron chi connectivity index (χ1n) is 7.20. The minimum Gasteiger partial charge on any atom is -0.507 e. The van der Waals surface area contributed by atoms with E-state index in [1.54, 1.807) is 4.90 Å². The van der Waals surface area contributed by atoms with Crippen LogP contribution in [0, 0.1) is 17.2 Å². The minimum atomic E-state index is -0.306. The summed E-state index contributed by atoms with van der Waals surface area (Å²) in [6.45, 7) is 4.77. The van der Waals surface area contributed by atoms with Crippen LogP contribution in [0.2, 0.25) is 0 Å². The number of nitrogens with zero attached hydrogens (tertiary/aromatic N) is 2. The molecular weight excluding hydrogens is 282 g/mol. The highest BCUT2D eigenvalue weighted by atomic mass is 16.3. The van der Waals surface area contributed by atoms with E-state index in [2.05, 4.69) is 5.32 Å². The van der Waals surface area contributed by atoms with Crippen molar-refractivity contribution in [2.24, 2.45) is 5.92 Å². The third kappa shape index (κ3) is 3.55. The van der Waals surface area contributed by atoms with Crippen molar-refractivity contribution in [2.75, 3.05) is 13.1 Å². The van der Waals surface area contributed by atoms with Gasteiger partial charge in [0.1, 0.15) is 11.8 Å². The van der Waals surface area contributed by atoms with Crippen LogP contribution >= 0.6 is 0 Å². The van der Waals surface area contributed by atoms with Gasteiger partial charge in [-0.15, -0.1) is 0 Å². The maximum Gasteiger partial charge on any atom is 0.251 e. The van der Waals surface area contributed by atoms with E-state index in [1.165, 1.54) is 25.1 Å². The summed E-state index contributed by atoms with van der Waals surface area (Å²) in [6.07, 6.45) is 0.804. The molecule has 0 radical (unpaired) electrons. The molecule has 6 heteroatoms. The number of phenolic OH excluding ortho intramolecular Hbond substituents is 1. The summed E-state index contributed by atoms with van der Waals surface area (Å²) in [6, 6.07) is 5.89. The normalized spacial score (nSPS) is 21.0. The smallest absolute Gasteiger partial charge is 0.251 e. The first-order chi connectivity index (χ1) is 10.4. The number of hydrogen-bond donors (Lipinski definition) is 2. The van der Waals surface area contributed by atoms with Gasteiger partial charge in [-0.05, 0) is 30.5 Å². The number of phenols is 1. The third-order valence-electron chi connectivity index (χ3n) is 3.82. The molecule has 22 heavy (non-hydrogen) atoms. The Labute approximate surface area is 129 Å². The fourth-order valence-corrected chi connectivity index (χ4v) is 2.75. The molecule has 0 aliphatic carbocycles. The second kappa shape index (κ2) is 6.48. The lowest BCUT2D eigenvalue weighted by atomic mass is 9.95. The van der Waals surface area contributed by atoms with Crippen LogP contribution in [-0.4, -0.2) is 41.0 Å². The Morgan fingerprint density at radius 1 is 1.41 bits per heavy atom. The summed E-state index contributed by atoms with van der Waals surface area (Å²) in [5.74, 6) is -0.133. The molecule has 1 aromatic carbocycles. The summed E-state index contributed by atoms with van der Waals surface area (Å²) >= 11 is 0. The summed E-state index contributed by atoms with van der Waals surface area (Å²) in [7, 11) is 0. The second-order valence-electron chi connectivity index (χ2n) is 5.78. The summed E-state index contributed by atoms with van der Waals surface area (Å²) in [5, 5.41) is 21.3. The van der Waals surface area contributed by atoms with Gasteiger partial charge >= 0.3 is 0 Å². The number of carbonyl (C=O) groups is 2. The summed E-state index contributed by atoms with van der Waals surface area (Å²) in [4.78, 5) is 25.5. The number of likely N-dealkylation sites (tertiary alicyclic amines) is 1. The van der Waals surface area contributed by atoms with Crippen molar-refractivity contribution in [1.82, 2.24) is 10.2 Å². The zero-order valence-corrected chi connectivity index (χ0v) is 12.7. The number of rotatable bonds is 2. The van der Waals surface area contributed by atoms with Crippen LogP contribution in [0.5, 0.6) is 5.75 Å². The molecule has 2 atom stereocenters. The molecule has 0 unspecified atom stereocenters. The van der Waals surface area contributed by atoms with Gasteiger partial charge in [-0.25, -0.2) is 0 Å². The van der Waals surface area contributed by atoms with E-state index in [9.17, 15) is 14.7 Å². The first kappa shape index (κ1) is 15.8. The quantitative estimate of drug-likeness (QED) is 0.859. The molecule has 1 aliphatic rings. The Morgan fingerprint density at radius 3 is 2.77 bits per heavy atom. The van der Waals surface area contributed by atoms with Crippen molar-refractivity contribution in [3.8, 4) is 11.8 Å². The van der Waals surface area contributed by atoms with E-state index in [4.69, 9.17) is 5.26 Å². The number of hydrogen-bond acceptors (Lipinski definition) is 4. The number of aromatic hydroxyl groups is 1. The van der Waals surface area contributed by atoms with Crippen LogP contribution in [0.25, 0.3) is 0 Å². The molecule has 0 spiro atoms. The van der Waals surface area contributed by atoms with E-state index in [1.807, 2.05) is 13.0 Å². The highest BCUT2D eigenvalue weighted by Crippen LogP contribution is 2.19. The number of nitrogens with one attached hydrogen (secondary N) is 1. The van der Waals surface area contributed by atoms with Crippen molar-refractivity contribution in [3.63, 3.8) is 0 Å². The summed E-state index contributed by atoms with van der Waals surface area (Å²) in [5.41, 5.74) is 0.386. The number of nitriles is 1. The molecule has 1 aliphatic heterocycles. The molecule has 2 amide bonds. The molecule has 1 fully saturated rings. The number of amides is 2. The van der Waals surface area contributed by atoms with E-state index >= 15 is 0 Å². The maximum atomic E-state index is 12.3. The Kier molecular flexibility index (Phi) is 4.66. The van der Waals surface area contributed by atoms with Crippen LogP contribution in [-0.2, 0) is 4.79 Å². The van der Waals surface area contributed by atoms with Gasteiger partial charge in [0.2, 0.25) is 5.91 Å². The Balaban J connectivity index is 2.08. The Bertz CT molecular complexity index is 636. The van der Waals surface area contributed by atoms with Gasteiger partial charge in [-0.2, -0.15) is 5.26 Å². The SMILES string of the molecule is CC(=O)N1C[C@H](C)C[C@H](NC(=O)c2ccc(O)c(C#N)c2)C1. The standard InChI is InChI=1S/C16H19N3O3/c1-10-5-14(9-19(8-10)11(2)20)18-16(22)12-3-4-15(21)13(6-12)7-17/h3-4,6,10,14,21H,5,8-9H2,1-2H3,(H,18,22)/t10-,14+/m1/s1. The van der Waals surface area contributed by atoms with E-state index < -0.39 is 0 Å². The second-order valence-corrected chi connectivity index (χ2v) is 5.78. The van der Waals surface area contributed by atoms with Crippen LogP contribution < -0.4 is 5.32 Å². The molecule has 2 rings (SSSR count). The van der Waals surface area contributed by atoms with Crippen molar-refractivity contribution in [3.05, 3.63) is 29.3 Å². The van der Waals surface area contributed by atoms with Crippen molar-refractivity contribution >= 4 is 11.8 Å². The van der Waals surface area contributed by atoms with Gasteiger partial charge in [0.05, 0.1) is 5.56 Å². The largest absolute Gasteiger partial charge is 0.507 e. The average molecular weight is 301 g/mol. The molecule has 0 bridgehead atoms. The molecule has 1 aromatic rings. The number of benzene rings is 1. The fraction of sp³-hybridized carbons (Fsp3) is 0.438. The average Bonchev–Trinajstić information content (AvgIpc) is 2.46. The zero-order valence-electron chi connectivity index (χ0n) is 12.7. The first-order valence-corrected chi connectivity index (χ1v) is 7.20. The molecule has 0 aromatic heterocycles. The molecule has 0 saturated carbocycles. The van der Waals surface area contributed by atoms with Gasteiger partial charge in [0.15, 0.2) is 0 Å². The molecular formula is C16H19N3O3. The van der Waals surface area contributed by atoms with Crippen LogP contribution in [0.4, 0.5) is 0 Å². The highest BCUT2D eigenvalue weighted by Gasteiger charge is 2.27. The molecule has 1 heterocycles. The van der Waals surface area contributed by atoms with Crippen molar-refractivity contribution in [1.29, 1.82) is 5.26 Å². The van der Waals surface area contributed by atoms with E-state index in [0.717, 1.165) is 6.42 Å². The van der Waals surface area contributed by atoms with Gasteiger partial charge in [-0.3, -0.25) is 9.59 Å². The van der Waals surface area contributed by atoms with E-state index in [-0.39, 0.29) is 29.2 Å². The highest BCUT2D eigenvalue weighted by molar-refractivity contribution is 5.95. The molecule has 1 saturated heterocycles. The van der Waals surface area contributed by atoms with Crippen LogP contribution in [0.1, 0.15) is 36.2 Å². The zero-order chi connectivity index (χ0) is 16.3. The molecule has 116 valence electrons. The fourth-order valence-electron chi connectivity index (χ4n) is 2.75. The van der Waals surface area contributed by atoms with Crippen LogP contribution in [0.3, 0.4) is 0 Å². The lowest BCUT2D eigenvalue weighted by molar-refractivity contribution is -0.131. The third-order valence-corrected chi connectivity index (χ3v) is 3.82. The predicted molar refractivity (Wildman–Crippen MR) is 80.1 cm³/mol. The maximum absolute atomic E-state index is 12.3. The molecule has 6 nitrogen and oxygen atoms in total. The van der Waals surface area contributed by atoms with Gasteiger partial charge in [0, 0.05) is 31.6 Å². The number of carbonyl (C=O) groups excluding carboxylic acids is 2. The van der Waals surface area contributed by atoms with Crippen molar-refractivity contribution < 1.29 is 14.7 Å². The van der Waals surface area contributed by atoms with Gasteiger partial charge in [-0.1, -0.05) is 6.92 Å². The van der Waals surface area contributed by atoms with E-state index in [0.29, 0.717) is 24.6 Å². The topological polar surface area (TPSA) is 93.4 Å². The minimum absolute atomic E-state index is 0.00204. The lowest BCUT2D eigenvalue weighted by Crippen LogP contribution is -2.51.